The van der Waals surface area contributed by atoms with Crippen LogP contribution in [0.3, 0.4) is 0 Å². The molecule has 1 heterocycles. The van der Waals surface area contributed by atoms with Crippen molar-refractivity contribution in [2.45, 2.75) is 20.3 Å². The highest BCUT2D eigenvalue weighted by atomic mass is 16.5. The lowest BCUT2D eigenvalue weighted by Gasteiger charge is -2.14. The van der Waals surface area contributed by atoms with Crippen LogP contribution in [0.2, 0.25) is 0 Å². The van der Waals surface area contributed by atoms with E-state index in [0.29, 0.717) is 30.0 Å². The number of hydrogen-bond donors (Lipinski definition) is 1. The van der Waals surface area contributed by atoms with Crippen LogP contribution < -0.4 is 25.4 Å². The first-order chi connectivity index (χ1) is 13.4. The number of amides is 2. The van der Waals surface area contributed by atoms with Gasteiger partial charge in [-0.25, -0.2) is 4.99 Å². The lowest BCUT2D eigenvalue weighted by Crippen LogP contribution is -2.37. The van der Waals surface area contributed by atoms with E-state index in [1.807, 2.05) is 32.1 Å². The van der Waals surface area contributed by atoms with Crippen LogP contribution in [0, 0.1) is 19.8 Å². The van der Waals surface area contributed by atoms with E-state index in [0.717, 1.165) is 21.7 Å². The molecule has 0 radical (unpaired) electrons. The molecule has 0 bridgehead atoms. The van der Waals surface area contributed by atoms with E-state index < -0.39 is 0 Å². The molecule has 0 fully saturated rings. The second-order valence-corrected chi connectivity index (χ2v) is 6.78. The number of carbonyl (C=O) groups is 2. The lowest BCUT2D eigenvalue weighted by atomic mass is 9.98. The van der Waals surface area contributed by atoms with Gasteiger partial charge in [0.05, 0.1) is 25.5 Å². The fourth-order valence-corrected chi connectivity index (χ4v) is 3.21. The van der Waals surface area contributed by atoms with Crippen LogP contribution in [0.15, 0.2) is 35.3 Å². The summed E-state index contributed by atoms with van der Waals surface area (Å²) in [5.74, 6) is 0.328. The van der Waals surface area contributed by atoms with Crippen LogP contribution in [0.5, 0.6) is 11.5 Å². The Kier molecular flexibility index (Phi) is 5.78. The Balaban J connectivity index is 1.66. The molecule has 6 heteroatoms. The third-order valence-electron chi connectivity index (χ3n) is 5.04. The zero-order valence-corrected chi connectivity index (χ0v) is 16.5. The third-order valence-corrected chi connectivity index (χ3v) is 5.04. The number of benzene rings is 2. The topological polar surface area (TPSA) is 77.0 Å². The summed E-state index contributed by atoms with van der Waals surface area (Å²) in [5, 5.41) is 4.58. The van der Waals surface area contributed by atoms with Crippen LogP contribution in [0.4, 0.5) is 0 Å². The molecule has 0 aliphatic carbocycles. The van der Waals surface area contributed by atoms with E-state index in [1.165, 1.54) is 7.11 Å². The number of hydrogen-bond acceptors (Lipinski definition) is 4. The molecule has 0 aromatic heterocycles. The van der Waals surface area contributed by atoms with Gasteiger partial charge in [-0.15, -0.1) is 0 Å². The Morgan fingerprint density at radius 3 is 2.57 bits per heavy atom. The van der Waals surface area contributed by atoms with Gasteiger partial charge in [0.1, 0.15) is 0 Å². The van der Waals surface area contributed by atoms with Gasteiger partial charge < -0.3 is 14.8 Å². The number of rotatable bonds is 6. The Morgan fingerprint density at radius 2 is 1.86 bits per heavy atom. The van der Waals surface area contributed by atoms with Crippen molar-refractivity contribution in [3.05, 3.63) is 57.6 Å². The Bertz CT molecular complexity index is 1040. The van der Waals surface area contributed by atoms with Gasteiger partial charge in [0.15, 0.2) is 11.5 Å². The average Bonchev–Trinajstić information content (AvgIpc) is 2.71. The van der Waals surface area contributed by atoms with Gasteiger partial charge in [0, 0.05) is 12.1 Å². The van der Waals surface area contributed by atoms with Crippen molar-refractivity contribution in [2.24, 2.45) is 10.9 Å². The number of methoxy groups -OCH3 is 2. The molecule has 1 aliphatic heterocycles. The van der Waals surface area contributed by atoms with Gasteiger partial charge >= 0.3 is 0 Å². The zero-order valence-electron chi connectivity index (χ0n) is 16.5. The van der Waals surface area contributed by atoms with Crippen molar-refractivity contribution in [3.63, 3.8) is 0 Å². The van der Waals surface area contributed by atoms with Crippen LogP contribution in [0.1, 0.15) is 27.9 Å². The summed E-state index contributed by atoms with van der Waals surface area (Å²) in [4.78, 5) is 29.0. The highest BCUT2D eigenvalue weighted by Gasteiger charge is 2.19. The predicted octanol–water partition coefficient (Wildman–Crippen LogP) is 1.70. The normalized spacial score (nSPS) is 15.1. The molecule has 0 saturated heterocycles. The largest absolute Gasteiger partial charge is 0.493 e. The quantitative estimate of drug-likeness (QED) is 0.828. The Morgan fingerprint density at radius 1 is 1.11 bits per heavy atom. The SMILES string of the molecule is COc1ccc(C(=O)NCCC2C=c3ccc(C)c(C)c3=NC2=O)cc1OC. The maximum absolute atomic E-state index is 12.4. The monoisotopic (exact) mass is 380 g/mol. The van der Waals surface area contributed by atoms with E-state index in [2.05, 4.69) is 10.3 Å². The number of carbonyl (C=O) groups excluding carboxylic acids is 2. The molecular formula is C22H24N2O4. The molecule has 2 aromatic carbocycles. The van der Waals surface area contributed by atoms with E-state index in [4.69, 9.17) is 9.47 Å². The number of fused-ring (bicyclic) bond motifs is 1. The lowest BCUT2D eigenvalue weighted by molar-refractivity contribution is -0.120. The van der Waals surface area contributed by atoms with E-state index >= 15 is 0 Å². The molecule has 146 valence electrons. The molecule has 28 heavy (non-hydrogen) atoms. The Hall–Kier alpha value is -3.15. The van der Waals surface area contributed by atoms with Crippen LogP contribution in [-0.2, 0) is 4.79 Å². The van der Waals surface area contributed by atoms with Crippen LogP contribution >= 0.6 is 0 Å². The fraction of sp³-hybridized carbons (Fsp3) is 0.318. The van der Waals surface area contributed by atoms with Gasteiger partial charge in [0.25, 0.3) is 11.8 Å². The molecule has 3 rings (SSSR count). The summed E-state index contributed by atoms with van der Waals surface area (Å²) in [7, 11) is 3.07. The summed E-state index contributed by atoms with van der Waals surface area (Å²) in [6.07, 6.45) is 2.44. The van der Waals surface area contributed by atoms with Crippen molar-refractivity contribution in [1.82, 2.24) is 5.32 Å². The van der Waals surface area contributed by atoms with Gasteiger partial charge in [-0.2, -0.15) is 0 Å². The van der Waals surface area contributed by atoms with Crippen molar-refractivity contribution in [2.75, 3.05) is 20.8 Å². The molecular weight excluding hydrogens is 356 g/mol. The van der Waals surface area contributed by atoms with E-state index in [-0.39, 0.29) is 17.7 Å². The number of aryl methyl sites for hydroxylation is 1. The fourth-order valence-electron chi connectivity index (χ4n) is 3.21. The van der Waals surface area contributed by atoms with E-state index in [9.17, 15) is 9.59 Å². The van der Waals surface area contributed by atoms with Gasteiger partial charge in [-0.3, -0.25) is 9.59 Å². The summed E-state index contributed by atoms with van der Waals surface area (Å²) in [6.45, 7) is 4.35. The minimum absolute atomic E-state index is 0.165. The summed E-state index contributed by atoms with van der Waals surface area (Å²) >= 11 is 0. The first kappa shape index (κ1) is 19.6. The van der Waals surface area contributed by atoms with Gasteiger partial charge in [-0.1, -0.05) is 18.2 Å². The number of ether oxygens (including phenoxy) is 2. The molecule has 2 amide bonds. The average molecular weight is 380 g/mol. The number of nitrogens with zero attached hydrogens (tertiary/aromatic N) is 1. The standard InChI is InChI=1S/C22H24N2O4/c1-13-5-6-15-11-17(22(26)24-20(15)14(13)2)9-10-23-21(25)16-7-8-18(27-3)19(12-16)28-4/h5-8,11-12,17H,9-10H2,1-4H3,(H,23,25). The Labute approximate surface area is 163 Å². The van der Waals surface area contributed by atoms with Crippen molar-refractivity contribution in [3.8, 4) is 11.5 Å². The first-order valence-corrected chi connectivity index (χ1v) is 9.15. The minimum atomic E-state index is -0.333. The maximum atomic E-state index is 12.4. The van der Waals surface area contributed by atoms with Crippen molar-refractivity contribution >= 4 is 17.9 Å². The summed E-state index contributed by atoms with van der Waals surface area (Å²) in [6, 6.07) is 9.01. The maximum Gasteiger partial charge on any atom is 0.253 e. The van der Waals surface area contributed by atoms with Crippen LogP contribution in [0.25, 0.3) is 6.08 Å². The molecule has 1 atom stereocenters. The molecule has 1 aliphatic rings. The molecule has 1 unspecified atom stereocenters. The molecule has 0 spiro atoms. The third kappa shape index (κ3) is 3.91. The molecule has 6 nitrogen and oxygen atoms in total. The van der Waals surface area contributed by atoms with Crippen molar-refractivity contribution < 1.29 is 19.1 Å². The second-order valence-electron chi connectivity index (χ2n) is 6.78. The highest BCUT2D eigenvalue weighted by Crippen LogP contribution is 2.27. The van der Waals surface area contributed by atoms with E-state index in [1.54, 1.807) is 25.3 Å². The molecule has 2 aromatic rings. The molecule has 0 saturated carbocycles. The number of nitrogens with one attached hydrogen (secondary N) is 1. The first-order valence-electron chi connectivity index (χ1n) is 9.15. The highest BCUT2D eigenvalue weighted by molar-refractivity contribution is 5.95. The predicted molar refractivity (Wildman–Crippen MR) is 106 cm³/mol. The summed E-state index contributed by atoms with van der Waals surface area (Å²) in [5.41, 5.74) is 2.62. The van der Waals surface area contributed by atoms with Crippen LogP contribution in [-0.4, -0.2) is 32.6 Å². The minimum Gasteiger partial charge on any atom is -0.493 e. The summed E-state index contributed by atoms with van der Waals surface area (Å²) < 4.78 is 10.4. The van der Waals surface area contributed by atoms with Crippen molar-refractivity contribution in [1.29, 1.82) is 0 Å². The molecule has 1 N–H and O–H groups in total. The van der Waals surface area contributed by atoms with Gasteiger partial charge in [0.2, 0.25) is 0 Å². The second kappa shape index (κ2) is 8.25. The zero-order chi connectivity index (χ0) is 20.3. The van der Waals surface area contributed by atoms with Gasteiger partial charge in [-0.05, 0) is 54.8 Å². The smallest absolute Gasteiger partial charge is 0.253 e.